The van der Waals surface area contributed by atoms with Gasteiger partial charge in [0.15, 0.2) is 5.69 Å². The van der Waals surface area contributed by atoms with Crippen LogP contribution in [0, 0.1) is 5.82 Å². The lowest BCUT2D eigenvalue weighted by Crippen LogP contribution is -2.24. The van der Waals surface area contributed by atoms with Gasteiger partial charge in [0.05, 0.1) is 11.9 Å². The molecule has 2 aromatic rings. The summed E-state index contributed by atoms with van der Waals surface area (Å²) in [6, 6.07) is 5.79. The molecule has 0 atom stereocenters. The number of benzene rings is 1. The summed E-state index contributed by atoms with van der Waals surface area (Å²) in [5.41, 5.74) is 0.895. The van der Waals surface area contributed by atoms with Gasteiger partial charge in [-0.15, -0.1) is 5.10 Å². The van der Waals surface area contributed by atoms with E-state index in [1.165, 1.54) is 23.0 Å². The average molecular weight is 248 g/mol. The number of rotatable bonds is 4. The largest absolute Gasteiger partial charge is 0.351 e. The van der Waals surface area contributed by atoms with Crippen molar-refractivity contribution >= 4 is 5.91 Å². The Labute approximate surface area is 104 Å². The fraction of sp³-hybridized carbons (Fsp3) is 0.250. The van der Waals surface area contributed by atoms with E-state index in [2.05, 4.69) is 15.6 Å². The van der Waals surface area contributed by atoms with Gasteiger partial charge in [-0.1, -0.05) is 12.1 Å². The zero-order valence-electron chi connectivity index (χ0n) is 9.93. The zero-order chi connectivity index (χ0) is 13.0. The summed E-state index contributed by atoms with van der Waals surface area (Å²) in [6.07, 6.45) is 2.37. The number of nitrogens with zero attached hydrogens (tertiary/aromatic N) is 3. The Hall–Kier alpha value is -2.24. The van der Waals surface area contributed by atoms with Crippen LogP contribution in [-0.4, -0.2) is 27.4 Å². The molecule has 0 aliphatic carbocycles. The SMILES string of the molecule is CCCNC(=O)c1cn(-c2ccc(F)cc2)nn1. The second kappa shape index (κ2) is 5.39. The van der Waals surface area contributed by atoms with Gasteiger partial charge in [-0.25, -0.2) is 9.07 Å². The monoisotopic (exact) mass is 248 g/mol. The normalized spacial score (nSPS) is 10.3. The van der Waals surface area contributed by atoms with E-state index in [0.29, 0.717) is 12.2 Å². The maximum Gasteiger partial charge on any atom is 0.273 e. The van der Waals surface area contributed by atoms with E-state index >= 15 is 0 Å². The van der Waals surface area contributed by atoms with Gasteiger partial charge in [0.25, 0.3) is 5.91 Å². The van der Waals surface area contributed by atoms with Crippen molar-refractivity contribution in [2.75, 3.05) is 6.54 Å². The molecule has 0 spiro atoms. The second-order valence-electron chi connectivity index (χ2n) is 3.78. The topological polar surface area (TPSA) is 59.8 Å². The van der Waals surface area contributed by atoms with Gasteiger partial charge in [0, 0.05) is 6.54 Å². The smallest absolute Gasteiger partial charge is 0.273 e. The molecule has 0 fully saturated rings. The van der Waals surface area contributed by atoms with Crippen LogP contribution in [0.1, 0.15) is 23.8 Å². The predicted octanol–water partition coefficient (Wildman–Crippen LogP) is 1.55. The van der Waals surface area contributed by atoms with E-state index < -0.39 is 0 Å². The first-order chi connectivity index (χ1) is 8.70. The van der Waals surface area contributed by atoms with Crippen LogP contribution in [0.3, 0.4) is 0 Å². The van der Waals surface area contributed by atoms with Crippen LogP contribution < -0.4 is 5.32 Å². The molecule has 2 rings (SSSR count). The fourth-order valence-corrected chi connectivity index (χ4v) is 1.42. The first kappa shape index (κ1) is 12.2. The highest BCUT2D eigenvalue weighted by molar-refractivity contribution is 5.91. The Bertz CT molecular complexity index is 535. The van der Waals surface area contributed by atoms with Crippen LogP contribution in [0.4, 0.5) is 4.39 Å². The molecule has 5 nitrogen and oxygen atoms in total. The van der Waals surface area contributed by atoms with Gasteiger partial charge in [-0.3, -0.25) is 4.79 Å². The van der Waals surface area contributed by atoms with E-state index in [1.54, 1.807) is 12.1 Å². The van der Waals surface area contributed by atoms with Crippen LogP contribution in [0.15, 0.2) is 30.5 Å². The molecule has 1 amide bonds. The first-order valence-corrected chi connectivity index (χ1v) is 5.67. The zero-order valence-corrected chi connectivity index (χ0v) is 9.93. The fourth-order valence-electron chi connectivity index (χ4n) is 1.42. The number of carbonyl (C=O) groups excluding carboxylic acids is 1. The third kappa shape index (κ3) is 2.71. The van der Waals surface area contributed by atoms with Crippen molar-refractivity contribution in [1.82, 2.24) is 20.3 Å². The summed E-state index contributed by atoms with van der Waals surface area (Å²) >= 11 is 0. The molecule has 0 unspecified atom stereocenters. The molecule has 0 aliphatic heterocycles. The minimum absolute atomic E-state index is 0.243. The van der Waals surface area contributed by atoms with Gasteiger partial charge < -0.3 is 5.32 Å². The Kier molecular flexibility index (Phi) is 3.66. The lowest BCUT2D eigenvalue weighted by atomic mass is 10.3. The number of amides is 1. The van der Waals surface area contributed by atoms with Crippen molar-refractivity contribution in [2.24, 2.45) is 0 Å². The molecule has 94 valence electrons. The van der Waals surface area contributed by atoms with E-state index in [1.807, 2.05) is 6.92 Å². The number of carbonyl (C=O) groups is 1. The van der Waals surface area contributed by atoms with Crippen LogP contribution >= 0.6 is 0 Å². The third-order valence-electron chi connectivity index (χ3n) is 2.35. The second-order valence-corrected chi connectivity index (χ2v) is 3.78. The molecule has 0 aliphatic rings. The molecule has 1 aromatic heterocycles. The van der Waals surface area contributed by atoms with Gasteiger partial charge in [0.1, 0.15) is 5.82 Å². The summed E-state index contributed by atoms with van der Waals surface area (Å²) in [7, 11) is 0. The van der Waals surface area contributed by atoms with Crippen molar-refractivity contribution in [1.29, 1.82) is 0 Å². The Morgan fingerprint density at radius 1 is 1.39 bits per heavy atom. The number of hydrogen-bond acceptors (Lipinski definition) is 3. The Morgan fingerprint density at radius 2 is 2.11 bits per heavy atom. The van der Waals surface area contributed by atoms with Crippen LogP contribution in [0.25, 0.3) is 5.69 Å². The standard InChI is InChI=1S/C12H13FN4O/c1-2-7-14-12(18)11-8-17(16-15-11)10-5-3-9(13)4-6-10/h3-6,8H,2,7H2,1H3,(H,14,18). The third-order valence-corrected chi connectivity index (χ3v) is 2.35. The highest BCUT2D eigenvalue weighted by atomic mass is 19.1. The van der Waals surface area contributed by atoms with Crippen molar-refractivity contribution in [3.05, 3.63) is 42.0 Å². The quantitative estimate of drug-likeness (QED) is 0.893. The Balaban J connectivity index is 2.15. The summed E-state index contributed by atoms with van der Waals surface area (Å²) in [6.45, 7) is 2.57. The number of aromatic nitrogens is 3. The minimum Gasteiger partial charge on any atom is -0.351 e. The molecule has 1 N–H and O–H groups in total. The molecule has 0 saturated heterocycles. The number of halogens is 1. The molecule has 0 saturated carbocycles. The summed E-state index contributed by atoms with van der Waals surface area (Å²) in [5, 5.41) is 10.3. The molecule has 18 heavy (non-hydrogen) atoms. The van der Waals surface area contributed by atoms with Gasteiger partial charge in [-0.2, -0.15) is 0 Å². The molecule has 1 aromatic carbocycles. The summed E-state index contributed by atoms with van der Waals surface area (Å²) in [5.74, 6) is -0.579. The first-order valence-electron chi connectivity index (χ1n) is 5.67. The van der Waals surface area contributed by atoms with E-state index in [-0.39, 0.29) is 17.4 Å². The van der Waals surface area contributed by atoms with Crippen molar-refractivity contribution in [3.8, 4) is 5.69 Å². The van der Waals surface area contributed by atoms with Crippen molar-refractivity contribution in [3.63, 3.8) is 0 Å². The van der Waals surface area contributed by atoms with Crippen LogP contribution in [0.5, 0.6) is 0 Å². The number of hydrogen-bond donors (Lipinski definition) is 1. The average Bonchev–Trinajstić information content (AvgIpc) is 2.86. The van der Waals surface area contributed by atoms with Gasteiger partial charge >= 0.3 is 0 Å². The van der Waals surface area contributed by atoms with Crippen LogP contribution in [-0.2, 0) is 0 Å². The van der Waals surface area contributed by atoms with Gasteiger partial charge in [0.2, 0.25) is 0 Å². The maximum absolute atomic E-state index is 12.8. The maximum atomic E-state index is 12.8. The van der Waals surface area contributed by atoms with E-state index in [9.17, 15) is 9.18 Å². The molecule has 1 heterocycles. The van der Waals surface area contributed by atoms with Crippen molar-refractivity contribution < 1.29 is 9.18 Å². The molecule has 0 radical (unpaired) electrons. The van der Waals surface area contributed by atoms with Crippen molar-refractivity contribution in [2.45, 2.75) is 13.3 Å². The molecule has 0 bridgehead atoms. The van der Waals surface area contributed by atoms with E-state index in [4.69, 9.17) is 0 Å². The van der Waals surface area contributed by atoms with E-state index in [0.717, 1.165) is 6.42 Å². The molecular formula is C12H13FN4O. The van der Waals surface area contributed by atoms with Gasteiger partial charge in [-0.05, 0) is 30.7 Å². The number of nitrogens with one attached hydrogen (secondary N) is 1. The molecule has 6 heteroatoms. The predicted molar refractivity (Wildman–Crippen MR) is 63.9 cm³/mol. The lowest BCUT2D eigenvalue weighted by Gasteiger charge is -1.99. The molecular weight excluding hydrogens is 235 g/mol. The lowest BCUT2D eigenvalue weighted by molar-refractivity contribution is 0.0948. The van der Waals surface area contributed by atoms with Crippen LogP contribution in [0.2, 0.25) is 0 Å². The highest BCUT2D eigenvalue weighted by Gasteiger charge is 2.10. The summed E-state index contributed by atoms with van der Waals surface area (Å²) < 4.78 is 14.2. The minimum atomic E-state index is -0.320. The Morgan fingerprint density at radius 3 is 2.78 bits per heavy atom. The summed E-state index contributed by atoms with van der Waals surface area (Å²) in [4.78, 5) is 11.6. The highest BCUT2D eigenvalue weighted by Crippen LogP contribution is 2.08.